The average molecular weight is 219 g/mol. The van der Waals surface area contributed by atoms with Crippen molar-refractivity contribution in [2.45, 2.75) is 26.7 Å². The van der Waals surface area contributed by atoms with Gasteiger partial charge in [0.15, 0.2) is 0 Å². The van der Waals surface area contributed by atoms with Gasteiger partial charge in [0.05, 0.1) is 7.11 Å². The fraction of sp³-hybridized carbons (Fsp3) is 0.429. The van der Waals surface area contributed by atoms with Crippen molar-refractivity contribution in [3.8, 4) is 5.75 Å². The summed E-state index contributed by atoms with van der Waals surface area (Å²) in [5.41, 5.74) is 9.08. The van der Waals surface area contributed by atoms with Crippen LogP contribution in [0.3, 0.4) is 0 Å². The predicted molar refractivity (Wildman–Crippen MR) is 69.9 cm³/mol. The average Bonchev–Trinajstić information content (AvgIpc) is 2.26. The second kappa shape index (κ2) is 5.71. The molecule has 0 atom stereocenters. The molecule has 0 aliphatic heterocycles. The summed E-state index contributed by atoms with van der Waals surface area (Å²) in [6, 6.07) is 4.27. The molecule has 0 aromatic heterocycles. The molecule has 0 saturated heterocycles. The predicted octanol–water partition coefficient (Wildman–Crippen LogP) is 3.10. The molecule has 0 heterocycles. The number of ether oxygens (including phenoxy) is 1. The number of hydrogen-bond donors (Lipinski definition) is 1. The lowest BCUT2D eigenvalue weighted by Crippen LogP contribution is -1.99. The maximum Gasteiger partial charge on any atom is 0.129 e. The van der Waals surface area contributed by atoms with E-state index in [-0.39, 0.29) is 0 Å². The van der Waals surface area contributed by atoms with Crippen molar-refractivity contribution in [3.05, 3.63) is 34.9 Å². The number of hydrogen-bond acceptors (Lipinski definition) is 2. The first-order valence-electron chi connectivity index (χ1n) is 5.65. The molecule has 0 unspecified atom stereocenters. The number of benzene rings is 1. The minimum absolute atomic E-state index is 0.459. The summed E-state index contributed by atoms with van der Waals surface area (Å²) < 4.78 is 5.52. The number of nitrogens with two attached hydrogens (primary N) is 1. The van der Waals surface area contributed by atoms with Crippen LogP contribution in [0.5, 0.6) is 5.75 Å². The molecule has 88 valence electrons. The SMILES string of the molecule is COc1c(C(C)C)ccc(C)c1/C=C/CN. The summed E-state index contributed by atoms with van der Waals surface area (Å²) in [6.45, 7) is 6.98. The van der Waals surface area contributed by atoms with E-state index in [1.807, 2.05) is 12.2 Å². The third kappa shape index (κ3) is 2.64. The fourth-order valence-corrected chi connectivity index (χ4v) is 1.79. The molecule has 2 nitrogen and oxygen atoms in total. The highest BCUT2D eigenvalue weighted by atomic mass is 16.5. The molecule has 0 radical (unpaired) electrons. The van der Waals surface area contributed by atoms with Crippen LogP contribution in [0.25, 0.3) is 6.08 Å². The van der Waals surface area contributed by atoms with Crippen molar-refractivity contribution in [1.29, 1.82) is 0 Å². The second-order valence-corrected chi connectivity index (χ2v) is 4.21. The zero-order valence-corrected chi connectivity index (χ0v) is 10.6. The first-order chi connectivity index (χ1) is 7.61. The standard InChI is InChI=1S/C14H21NO/c1-10(2)12-8-7-11(3)13(6-5-9-15)14(12)16-4/h5-8,10H,9,15H2,1-4H3/b6-5+. The molecule has 0 aliphatic carbocycles. The molecule has 1 aromatic carbocycles. The van der Waals surface area contributed by atoms with E-state index < -0.39 is 0 Å². The molecule has 0 amide bonds. The van der Waals surface area contributed by atoms with Crippen LogP contribution < -0.4 is 10.5 Å². The summed E-state index contributed by atoms with van der Waals surface area (Å²) in [4.78, 5) is 0. The van der Waals surface area contributed by atoms with E-state index in [9.17, 15) is 0 Å². The van der Waals surface area contributed by atoms with E-state index in [0.29, 0.717) is 12.5 Å². The van der Waals surface area contributed by atoms with Crippen molar-refractivity contribution >= 4 is 6.08 Å². The smallest absolute Gasteiger partial charge is 0.129 e. The van der Waals surface area contributed by atoms with E-state index >= 15 is 0 Å². The highest BCUT2D eigenvalue weighted by molar-refractivity contribution is 5.64. The monoisotopic (exact) mass is 219 g/mol. The Morgan fingerprint density at radius 1 is 1.38 bits per heavy atom. The Hall–Kier alpha value is -1.28. The maximum absolute atomic E-state index is 5.52. The lowest BCUT2D eigenvalue weighted by molar-refractivity contribution is 0.406. The molecule has 1 aromatic rings. The zero-order valence-electron chi connectivity index (χ0n) is 10.6. The Kier molecular flexibility index (Phi) is 4.56. The Morgan fingerprint density at radius 3 is 2.56 bits per heavy atom. The van der Waals surface area contributed by atoms with Crippen LogP contribution in [-0.2, 0) is 0 Å². The van der Waals surface area contributed by atoms with Crippen molar-refractivity contribution in [3.63, 3.8) is 0 Å². The third-order valence-electron chi connectivity index (χ3n) is 2.69. The van der Waals surface area contributed by atoms with Gasteiger partial charge in [0.2, 0.25) is 0 Å². The van der Waals surface area contributed by atoms with Gasteiger partial charge < -0.3 is 10.5 Å². The van der Waals surface area contributed by atoms with Gasteiger partial charge in [-0.1, -0.05) is 38.1 Å². The third-order valence-corrected chi connectivity index (χ3v) is 2.69. The van der Waals surface area contributed by atoms with Crippen LogP contribution in [-0.4, -0.2) is 13.7 Å². The largest absolute Gasteiger partial charge is 0.496 e. The summed E-state index contributed by atoms with van der Waals surface area (Å²) in [6.07, 6.45) is 4.00. The highest BCUT2D eigenvalue weighted by Gasteiger charge is 2.12. The van der Waals surface area contributed by atoms with Gasteiger partial charge in [-0.15, -0.1) is 0 Å². The van der Waals surface area contributed by atoms with E-state index in [4.69, 9.17) is 10.5 Å². The van der Waals surface area contributed by atoms with Gasteiger partial charge in [-0.25, -0.2) is 0 Å². The van der Waals surface area contributed by atoms with E-state index in [2.05, 4.69) is 32.9 Å². The van der Waals surface area contributed by atoms with Gasteiger partial charge >= 0.3 is 0 Å². The Morgan fingerprint density at radius 2 is 2.06 bits per heavy atom. The molecule has 1 rings (SSSR count). The summed E-state index contributed by atoms with van der Waals surface area (Å²) in [5.74, 6) is 1.43. The molecular weight excluding hydrogens is 198 g/mol. The molecular formula is C14H21NO. The number of methoxy groups -OCH3 is 1. The van der Waals surface area contributed by atoms with Gasteiger partial charge in [-0.05, 0) is 24.0 Å². The summed E-state index contributed by atoms with van der Waals surface area (Å²) in [7, 11) is 1.72. The Labute approximate surface area is 98.1 Å². The lowest BCUT2D eigenvalue weighted by atomic mass is 9.95. The van der Waals surface area contributed by atoms with Gasteiger partial charge in [-0.2, -0.15) is 0 Å². The highest BCUT2D eigenvalue weighted by Crippen LogP contribution is 2.32. The second-order valence-electron chi connectivity index (χ2n) is 4.21. The molecule has 16 heavy (non-hydrogen) atoms. The molecule has 2 heteroatoms. The normalized spacial score (nSPS) is 11.4. The van der Waals surface area contributed by atoms with Crippen molar-refractivity contribution < 1.29 is 4.74 Å². The summed E-state index contributed by atoms with van der Waals surface area (Å²) >= 11 is 0. The molecule has 0 bridgehead atoms. The first kappa shape index (κ1) is 12.8. The number of aryl methyl sites for hydroxylation is 1. The Bertz CT molecular complexity index is 381. The molecule has 0 fully saturated rings. The molecule has 0 saturated carbocycles. The minimum atomic E-state index is 0.459. The van der Waals surface area contributed by atoms with Crippen molar-refractivity contribution in [1.82, 2.24) is 0 Å². The van der Waals surface area contributed by atoms with Gasteiger partial charge in [0.1, 0.15) is 5.75 Å². The van der Waals surface area contributed by atoms with Gasteiger partial charge in [0.25, 0.3) is 0 Å². The Balaban J connectivity index is 3.32. The topological polar surface area (TPSA) is 35.2 Å². The van der Waals surface area contributed by atoms with Crippen LogP contribution >= 0.6 is 0 Å². The van der Waals surface area contributed by atoms with Crippen LogP contribution in [0.2, 0.25) is 0 Å². The van der Waals surface area contributed by atoms with E-state index in [1.165, 1.54) is 11.1 Å². The molecule has 2 N–H and O–H groups in total. The van der Waals surface area contributed by atoms with Crippen molar-refractivity contribution in [2.75, 3.05) is 13.7 Å². The van der Waals surface area contributed by atoms with Crippen LogP contribution in [0.4, 0.5) is 0 Å². The zero-order chi connectivity index (χ0) is 12.1. The van der Waals surface area contributed by atoms with Crippen LogP contribution in [0.1, 0.15) is 36.5 Å². The van der Waals surface area contributed by atoms with Crippen molar-refractivity contribution in [2.24, 2.45) is 5.73 Å². The number of rotatable bonds is 4. The molecule has 0 aliphatic rings. The van der Waals surface area contributed by atoms with Crippen LogP contribution in [0.15, 0.2) is 18.2 Å². The fourth-order valence-electron chi connectivity index (χ4n) is 1.79. The first-order valence-corrected chi connectivity index (χ1v) is 5.65. The quantitative estimate of drug-likeness (QED) is 0.844. The molecule has 0 spiro atoms. The lowest BCUT2D eigenvalue weighted by Gasteiger charge is -2.16. The summed E-state index contributed by atoms with van der Waals surface area (Å²) in [5, 5.41) is 0. The maximum atomic E-state index is 5.52. The van der Waals surface area contributed by atoms with E-state index in [0.717, 1.165) is 11.3 Å². The van der Waals surface area contributed by atoms with E-state index in [1.54, 1.807) is 7.11 Å². The van der Waals surface area contributed by atoms with Gasteiger partial charge in [-0.3, -0.25) is 0 Å². The van der Waals surface area contributed by atoms with Gasteiger partial charge in [0, 0.05) is 12.1 Å². The minimum Gasteiger partial charge on any atom is -0.496 e. The van der Waals surface area contributed by atoms with Crippen LogP contribution in [0, 0.1) is 6.92 Å².